The molecule has 132 valence electrons. The maximum Gasteiger partial charge on any atom is 0.387 e. The van der Waals surface area contributed by atoms with E-state index >= 15 is 0 Å². The first-order valence-corrected chi connectivity index (χ1v) is 7.48. The summed E-state index contributed by atoms with van der Waals surface area (Å²) in [6.07, 6.45) is 4.66. The molecule has 1 aliphatic carbocycles. The molecule has 9 heteroatoms. The van der Waals surface area contributed by atoms with E-state index in [1.54, 1.807) is 0 Å². The third-order valence-electron chi connectivity index (χ3n) is 3.71. The normalized spacial score (nSPS) is 19.2. The van der Waals surface area contributed by atoms with Gasteiger partial charge in [0.05, 0.1) is 18.1 Å². The summed E-state index contributed by atoms with van der Waals surface area (Å²) in [5, 5.41) is 2.67. The Hall–Kier alpha value is -2.84. The zero-order chi connectivity index (χ0) is 17.8. The van der Waals surface area contributed by atoms with E-state index in [0.29, 0.717) is 18.5 Å². The van der Waals surface area contributed by atoms with Crippen molar-refractivity contribution in [3.8, 4) is 11.5 Å². The minimum atomic E-state index is -3.04. The molecule has 0 unspecified atom stereocenters. The first-order chi connectivity index (χ1) is 12.0. The van der Waals surface area contributed by atoms with Gasteiger partial charge in [-0.2, -0.15) is 8.78 Å². The summed E-state index contributed by atoms with van der Waals surface area (Å²) in [7, 11) is 0. The molecular weight excluding hydrogens is 339 g/mol. The maximum atomic E-state index is 13.3. The molecular formula is C16H14F3N3O3. The molecule has 0 spiro atoms. The lowest BCUT2D eigenvalue weighted by Gasteiger charge is -2.34. The average Bonchev–Trinajstić information content (AvgIpc) is 2.53. The Kier molecular flexibility index (Phi) is 5.01. The third kappa shape index (κ3) is 4.37. The van der Waals surface area contributed by atoms with E-state index in [-0.39, 0.29) is 29.4 Å². The molecule has 3 rings (SSSR count). The van der Waals surface area contributed by atoms with Gasteiger partial charge < -0.3 is 14.8 Å². The number of aromatic nitrogens is 2. The number of carbonyl (C=O) groups is 1. The number of anilines is 1. The van der Waals surface area contributed by atoms with Gasteiger partial charge in [0, 0.05) is 12.0 Å². The monoisotopic (exact) mass is 353 g/mol. The van der Waals surface area contributed by atoms with Crippen LogP contribution < -0.4 is 14.8 Å². The first-order valence-electron chi connectivity index (χ1n) is 7.48. The molecule has 1 fully saturated rings. The van der Waals surface area contributed by atoms with Crippen molar-refractivity contribution in [2.45, 2.75) is 25.6 Å². The topological polar surface area (TPSA) is 73.3 Å². The number of halogens is 3. The van der Waals surface area contributed by atoms with Crippen molar-refractivity contribution < 1.29 is 27.4 Å². The van der Waals surface area contributed by atoms with Crippen molar-refractivity contribution >= 4 is 11.6 Å². The van der Waals surface area contributed by atoms with Gasteiger partial charge in [-0.3, -0.25) is 4.79 Å². The molecule has 25 heavy (non-hydrogen) atoms. The van der Waals surface area contributed by atoms with Crippen LogP contribution >= 0.6 is 0 Å². The predicted molar refractivity (Wildman–Crippen MR) is 80.8 cm³/mol. The Bertz CT molecular complexity index is 740. The number of carbonyl (C=O) groups excluding carboxylic acids is 1. The van der Waals surface area contributed by atoms with Gasteiger partial charge in [-0.15, -0.1) is 0 Å². The van der Waals surface area contributed by atoms with Crippen LogP contribution in [-0.2, 0) is 4.79 Å². The minimum absolute atomic E-state index is 0.111. The molecule has 2 aromatic rings. The lowest BCUT2D eigenvalue weighted by molar-refractivity contribution is -0.125. The Morgan fingerprint density at radius 2 is 1.92 bits per heavy atom. The Balaban J connectivity index is 1.55. The van der Waals surface area contributed by atoms with Crippen LogP contribution in [0.25, 0.3) is 0 Å². The van der Waals surface area contributed by atoms with Crippen molar-refractivity contribution in [2.75, 3.05) is 5.32 Å². The first kappa shape index (κ1) is 17.0. The molecule has 1 aromatic heterocycles. The standard InChI is InChI=1S/C16H14F3N3O3/c17-10-1-2-13(25-16(18)19)14(5-10)24-12-3-9(4-12)15(23)22-11-6-20-8-21-7-11/h1-2,5-9,12,16H,3-4H2,(H,22,23). The Morgan fingerprint density at radius 1 is 1.20 bits per heavy atom. The van der Waals surface area contributed by atoms with Crippen LogP contribution in [0.15, 0.2) is 36.9 Å². The van der Waals surface area contributed by atoms with E-state index in [9.17, 15) is 18.0 Å². The van der Waals surface area contributed by atoms with E-state index in [2.05, 4.69) is 20.0 Å². The summed E-state index contributed by atoms with van der Waals surface area (Å²) in [5.74, 6) is -1.49. The van der Waals surface area contributed by atoms with Crippen LogP contribution in [-0.4, -0.2) is 28.6 Å². The van der Waals surface area contributed by atoms with Gasteiger partial charge in [-0.25, -0.2) is 14.4 Å². The summed E-state index contributed by atoms with van der Waals surface area (Å²) < 4.78 is 47.9. The molecule has 6 nitrogen and oxygen atoms in total. The van der Waals surface area contributed by atoms with Crippen molar-refractivity contribution in [3.05, 3.63) is 42.7 Å². The van der Waals surface area contributed by atoms with E-state index in [1.165, 1.54) is 18.7 Å². The molecule has 0 saturated heterocycles. The van der Waals surface area contributed by atoms with E-state index < -0.39 is 12.4 Å². The highest BCUT2D eigenvalue weighted by molar-refractivity contribution is 5.92. The lowest BCUT2D eigenvalue weighted by atomic mass is 9.81. The maximum absolute atomic E-state index is 13.3. The molecule has 1 heterocycles. The van der Waals surface area contributed by atoms with Crippen LogP contribution in [0.2, 0.25) is 0 Å². The Morgan fingerprint density at radius 3 is 2.60 bits per heavy atom. The van der Waals surface area contributed by atoms with Gasteiger partial charge in [0.15, 0.2) is 11.5 Å². The number of hydrogen-bond donors (Lipinski definition) is 1. The smallest absolute Gasteiger partial charge is 0.387 e. The highest BCUT2D eigenvalue weighted by Crippen LogP contribution is 2.36. The number of benzene rings is 1. The highest BCUT2D eigenvalue weighted by atomic mass is 19.3. The Labute approximate surface area is 141 Å². The second-order valence-corrected chi connectivity index (χ2v) is 5.49. The molecule has 0 atom stereocenters. The zero-order valence-electron chi connectivity index (χ0n) is 12.9. The van der Waals surface area contributed by atoms with Crippen molar-refractivity contribution in [1.29, 1.82) is 0 Å². The van der Waals surface area contributed by atoms with Gasteiger partial charge >= 0.3 is 6.61 Å². The predicted octanol–water partition coefficient (Wildman–Crippen LogP) is 3.01. The fourth-order valence-electron chi connectivity index (χ4n) is 2.43. The number of rotatable bonds is 6. The van der Waals surface area contributed by atoms with Crippen LogP contribution in [0.5, 0.6) is 11.5 Å². The SMILES string of the molecule is O=C(Nc1cncnc1)C1CC(Oc2cc(F)ccc2OC(F)F)C1. The molecule has 1 aromatic carbocycles. The third-order valence-corrected chi connectivity index (χ3v) is 3.71. The number of nitrogens with zero attached hydrogens (tertiary/aromatic N) is 2. The highest BCUT2D eigenvalue weighted by Gasteiger charge is 2.36. The number of hydrogen-bond acceptors (Lipinski definition) is 5. The number of amides is 1. The van der Waals surface area contributed by atoms with Gasteiger partial charge in [0.1, 0.15) is 18.2 Å². The van der Waals surface area contributed by atoms with Crippen LogP contribution in [0.4, 0.5) is 18.9 Å². The van der Waals surface area contributed by atoms with Crippen molar-refractivity contribution in [2.24, 2.45) is 5.92 Å². The van der Waals surface area contributed by atoms with Crippen LogP contribution in [0.1, 0.15) is 12.8 Å². The zero-order valence-corrected chi connectivity index (χ0v) is 12.9. The van der Waals surface area contributed by atoms with Crippen LogP contribution in [0.3, 0.4) is 0 Å². The minimum Gasteiger partial charge on any atom is -0.486 e. The van der Waals surface area contributed by atoms with E-state index in [0.717, 1.165) is 18.2 Å². The van der Waals surface area contributed by atoms with E-state index in [1.807, 2.05) is 0 Å². The molecule has 1 saturated carbocycles. The average molecular weight is 353 g/mol. The summed E-state index contributed by atoms with van der Waals surface area (Å²) >= 11 is 0. The molecule has 1 aliphatic rings. The van der Waals surface area contributed by atoms with Crippen molar-refractivity contribution in [3.63, 3.8) is 0 Å². The largest absolute Gasteiger partial charge is 0.486 e. The summed E-state index contributed by atoms with van der Waals surface area (Å²) in [5.41, 5.74) is 0.481. The lowest BCUT2D eigenvalue weighted by Crippen LogP contribution is -2.40. The second-order valence-electron chi connectivity index (χ2n) is 5.49. The quantitative estimate of drug-likeness (QED) is 0.864. The van der Waals surface area contributed by atoms with Gasteiger partial charge in [0.25, 0.3) is 0 Å². The number of nitrogens with one attached hydrogen (secondary N) is 1. The van der Waals surface area contributed by atoms with Gasteiger partial charge in [0.2, 0.25) is 5.91 Å². The molecule has 0 radical (unpaired) electrons. The van der Waals surface area contributed by atoms with E-state index in [4.69, 9.17) is 4.74 Å². The van der Waals surface area contributed by atoms with Crippen LogP contribution in [0, 0.1) is 11.7 Å². The molecule has 1 N–H and O–H groups in total. The van der Waals surface area contributed by atoms with Crippen molar-refractivity contribution in [1.82, 2.24) is 9.97 Å². The summed E-state index contributed by atoms with van der Waals surface area (Å²) in [4.78, 5) is 19.6. The molecule has 0 aliphatic heterocycles. The number of alkyl halides is 2. The number of ether oxygens (including phenoxy) is 2. The molecule has 0 bridgehead atoms. The summed E-state index contributed by atoms with van der Waals surface area (Å²) in [6, 6.07) is 3.06. The fraction of sp³-hybridized carbons (Fsp3) is 0.312. The fourth-order valence-corrected chi connectivity index (χ4v) is 2.43. The van der Waals surface area contributed by atoms with Gasteiger partial charge in [-0.1, -0.05) is 0 Å². The van der Waals surface area contributed by atoms with Gasteiger partial charge in [-0.05, 0) is 25.0 Å². The second kappa shape index (κ2) is 7.37. The summed E-state index contributed by atoms with van der Waals surface area (Å²) in [6.45, 7) is -3.04. The molecule has 1 amide bonds.